The summed E-state index contributed by atoms with van der Waals surface area (Å²) in [6.07, 6.45) is 4.09. The van der Waals surface area contributed by atoms with Crippen LogP contribution in [0.15, 0.2) is 97.1 Å². The Morgan fingerprint density at radius 2 is 1.15 bits per heavy atom. The maximum absolute atomic E-state index is 13.6. The lowest BCUT2D eigenvalue weighted by molar-refractivity contribution is -0.138. The summed E-state index contributed by atoms with van der Waals surface area (Å²) in [5.41, 5.74) is 5.50. The van der Waals surface area contributed by atoms with E-state index >= 15 is 0 Å². The van der Waals surface area contributed by atoms with Crippen molar-refractivity contribution in [2.24, 2.45) is 11.8 Å². The minimum Gasteiger partial charge on any atom is -0.478 e. The highest BCUT2D eigenvalue weighted by molar-refractivity contribution is 6.07. The Labute approximate surface area is 191 Å². The van der Waals surface area contributed by atoms with Crippen LogP contribution in [0.2, 0.25) is 0 Å². The van der Waals surface area contributed by atoms with Crippen molar-refractivity contribution < 1.29 is 19.5 Å². The molecule has 1 fully saturated rings. The number of allylic oxidation sites excluding steroid dienone is 2. The number of nitrogens with one attached hydrogen (secondary N) is 1. The van der Waals surface area contributed by atoms with Crippen LogP contribution in [0.4, 0.5) is 5.69 Å². The molecule has 1 saturated heterocycles. The number of carboxylic acids is 1. The first-order chi connectivity index (χ1) is 16.0. The maximum Gasteiger partial charge on any atom is 0.335 e. The fraction of sp³-hybridized carbons (Fsp3) is 0.148. The van der Waals surface area contributed by atoms with E-state index in [4.69, 9.17) is 5.11 Å². The Morgan fingerprint density at radius 1 is 0.697 bits per heavy atom. The Hall–Kier alpha value is -4.19. The highest BCUT2D eigenvalue weighted by Crippen LogP contribution is 2.49. The van der Waals surface area contributed by atoms with Crippen molar-refractivity contribution in [2.75, 3.05) is 5.43 Å². The number of carbonyl (C=O) groups excluding carboxylic acids is 2. The molecule has 4 atom stereocenters. The maximum atomic E-state index is 13.6. The first-order valence-corrected chi connectivity index (χ1v) is 10.8. The molecule has 0 spiro atoms. The third-order valence-corrected chi connectivity index (χ3v) is 6.44. The van der Waals surface area contributed by atoms with Gasteiger partial charge >= 0.3 is 5.97 Å². The van der Waals surface area contributed by atoms with Gasteiger partial charge in [-0.25, -0.2) is 4.79 Å². The van der Waals surface area contributed by atoms with E-state index in [1.165, 1.54) is 12.1 Å². The lowest BCUT2D eigenvalue weighted by Crippen LogP contribution is -2.37. The van der Waals surface area contributed by atoms with Crippen molar-refractivity contribution in [3.8, 4) is 0 Å². The predicted molar refractivity (Wildman–Crippen MR) is 123 cm³/mol. The van der Waals surface area contributed by atoms with Crippen molar-refractivity contribution in [1.29, 1.82) is 0 Å². The van der Waals surface area contributed by atoms with Crippen LogP contribution >= 0.6 is 0 Å². The molecule has 3 aromatic carbocycles. The monoisotopic (exact) mass is 438 g/mol. The van der Waals surface area contributed by atoms with E-state index in [1.807, 2.05) is 72.8 Å². The second-order valence-electron chi connectivity index (χ2n) is 8.32. The number of carbonyl (C=O) groups is 3. The van der Waals surface area contributed by atoms with Gasteiger partial charge in [0.25, 0.3) is 11.8 Å². The fourth-order valence-corrected chi connectivity index (χ4v) is 4.86. The smallest absolute Gasteiger partial charge is 0.335 e. The molecule has 2 N–H and O–H groups in total. The SMILES string of the molecule is O=C(O)c1ccc(NN2C(=O)[C@@H]3[C@H](C2=O)[C@H](c2ccccc2)C=C[C@H]3c2ccccc2)cc1. The normalized spacial score (nSPS) is 23.9. The molecule has 0 saturated carbocycles. The van der Waals surface area contributed by atoms with Gasteiger partial charge in [-0.3, -0.25) is 15.0 Å². The minimum absolute atomic E-state index is 0.130. The summed E-state index contributed by atoms with van der Waals surface area (Å²) in [6.45, 7) is 0. The first-order valence-electron chi connectivity index (χ1n) is 10.8. The Kier molecular flexibility index (Phi) is 5.26. The summed E-state index contributed by atoms with van der Waals surface area (Å²) < 4.78 is 0. The second kappa shape index (κ2) is 8.39. The Balaban J connectivity index is 1.52. The number of amides is 2. The molecular formula is C27H22N2O4. The van der Waals surface area contributed by atoms with Gasteiger partial charge in [0.2, 0.25) is 0 Å². The number of hydrogen-bond donors (Lipinski definition) is 2. The van der Waals surface area contributed by atoms with E-state index in [-0.39, 0.29) is 29.2 Å². The van der Waals surface area contributed by atoms with E-state index in [2.05, 4.69) is 5.43 Å². The van der Waals surface area contributed by atoms with Crippen molar-refractivity contribution in [3.63, 3.8) is 0 Å². The number of benzene rings is 3. The minimum atomic E-state index is -1.04. The molecule has 0 bridgehead atoms. The van der Waals surface area contributed by atoms with Gasteiger partial charge in [0.05, 0.1) is 23.1 Å². The quantitative estimate of drug-likeness (QED) is 0.454. The molecule has 33 heavy (non-hydrogen) atoms. The summed E-state index contributed by atoms with van der Waals surface area (Å²) in [7, 11) is 0. The Morgan fingerprint density at radius 3 is 1.58 bits per heavy atom. The van der Waals surface area contributed by atoms with Crippen molar-refractivity contribution in [2.45, 2.75) is 11.8 Å². The lowest BCUT2D eigenvalue weighted by Gasteiger charge is -2.32. The van der Waals surface area contributed by atoms with Crippen LogP contribution in [-0.4, -0.2) is 27.9 Å². The van der Waals surface area contributed by atoms with E-state index < -0.39 is 17.8 Å². The molecule has 0 aromatic heterocycles. The molecule has 6 heteroatoms. The molecule has 2 aliphatic rings. The number of fused-ring (bicyclic) bond motifs is 1. The summed E-state index contributed by atoms with van der Waals surface area (Å²) in [5, 5.41) is 10.2. The average molecular weight is 438 g/mol. The number of anilines is 1. The van der Waals surface area contributed by atoms with Crippen LogP contribution in [-0.2, 0) is 9.59 Å². The summed E-state index contributed by atoms with van der Waals surface area (Å²) in [4.78, 5) is 38.3. The molecule has 2 amide bonds. The van der Waals surface area contributed by atoms with Crippen LogP contribution in [0.3, 0.4) is 0 Å². The van der Waals surface area contributed by atoms with Crippen LogP contribution in [0.25, 0.3) is 0 Å². The number of carboxylic acid groups (broad SMARTS) is 1. The number of hydrogen-bond acceptors (Lipinski definition) is 4. The Bertz CT molecular complexity index is 1150. The number of imide groups is 1. The van der Waals surface area contributed by atoms with Gasteiger partial charge in [0, 0.05) is 11.8 Å². The molecule has 0 unspecified atom stereocenters. The first kappa shape index (κ1) is 20.7. The molecule has 1 aliphatic carbocycles. The van der Waals surface area contributed by atoms with Crippen molar-refractivity contribution in [1.82, 2.24) is 5.01 Å². The lowest BCUT2D eigenvalue weighted by atomic mass is 9.68. The summed E-state index contributed by atoms with van der Waals surface area (Å²) in [5.74, 6) is -3.12. The molecule has 5 rings (SSSR count). The predicted octanol–water partition coefficient (Wildman–Crippen LogP) is 4.45. The molecule has 6 nitrogen and oxygen atoms in total. The van der Waals surface area contributed by atoms with Gasteiger partial charge in [-0.1, -0.05) is 72.8 Å². The highest BCUT2D eigenvalue weighted by atomic mass is 16.4. The number of hydrazine groups is 1. The molecule has 164 valence electrons. The number of rotatable bonds is 5. The van der Waals surface area contributed by atoms with Crippen molar-refractivity contribution in [3.05, 3.63) is 114 Å². The summed E-state index contributed by atoms with van der Waals surface area (Å²) >= 11 is 0. The molecular weight excluding hydrogens is 416 g/mol. The highest BCUT2D eigenvalue weighted by Gasteiger charge is 2.55. The van der Waals surface area contributed by atoms with E-state index in [9.17, 15) is 14.4 Å². The zero-order chi connectivity index (χ0) is 22.9. The second-order valence-corrected chi connectivity index (χ2v) is 8.32. The average Bonchev–Trinajstić information content (AvgIpc) is 3.10. The van der Waals surface area contributed by atoms with Crippen LogP contribution in [0.1, 0.15) is 33.3 Å². The van der Waals surface area contributed by atoms with E-state index in [1.54, 1.807) is 12.1 Å². The van der Waals surface area contributed by atoms with Gasteiger partial charge < -0.3 is 5.11 Å². The van der Waals surface area contributed by atoms with Crippen molar-refractivity contribution >= 4 is 23.5 Å². The fourth-order valence-electron chi connectivity index (χ4n) is 4.86. The van der Waals surface area contributed by atoms with Crippen LogP contribution < -0.4 is 5.43 Å². The zero-order valence-corrected chi connectivity index (χ0v) is 17.7. The molecule has 0 radical (unpaired) electrons. The molecule has 3 aromatic rings. The zero-order valence-electron chi connectivity index (χ0n) is 17.7. The number of aromatic carboxylic acids is 1. The van der Waals surface area contributed by atoms with Gasteiger partial charge in [-0.2, -0.15) is 5.01 Å². The van der Waals surface area contributed by atoms with Gasteiger partial charge in [-0.05, 0) is 35.4 Å². The molecule has 1 aliphatic heterocycles. The van der Waals surface area contributed by atoms with Gasteiger partial charge in [0.15, 0.2) is 0 Å². The topological polar surface area (TPSA) is 86.7 Å². The third kappa shape index (κ3) is 3.69. The van der Waals surface area contributed by atoms with Crippen LogP contribution in [0, 0.1) is 11.8 Å². The molecule has 1 heterocycles. The van der Waals surface area contributed by atoms with Crippen LogP contribution in [0.5, 0.6) is 0 Å². The van der Waals surface area contributed by atoms with E-state index in [0.717, 1.165) is 16.1 Å². The van der Waals surface area contributed by atoms with Gasteiger partial charge in [-0.15, -0.1) is 0 Å². The summed E-state index contributed by atoms with van der Waals surface area (Å²) in [6, 6.07) is 25.5. The third-order valence-electron chi connectivity index (χ3n) is 6.44. The largest absolute Gasteiger partial charge is 0.478 e. The standard InChI is InChI=1S/C27H22N2O4/c30-25-23-21(17-7-3-1-4-8-17)15-16-22(18-9-5-2-6-10-18)24(23)26(31)29(25)28-20-13-11-19(12-14-20)27(32)33/h1-16,21-24,28H,(H,32,33)/t21-,22-,23-,24+/m0/s1. The van der Waals surface area contributed by atoms with E-state index in [0.29, 0.717) is 5.69 Å². The van der Waals surface area contributed by atoms with Gasteiger partial charge in [0.1, 0.15) is 0 Å². The number of nitrogens with zero attached hydrogens (tertiary/aromatic N) is 1.